The van der Waals surface area contributed by atoms with Crippen molar-refractivity contribution in [3.63, 3.8) is 0 Å². The Bertz CT molecular complexity index is 1110. The fourth-order valence-corrected chi connectivity index (χ4v) is 4.53. The Hall–Kier alpha value is -2.29. The van der Waals surface area contributed by atoms with E-state index in [1.807, 2.05) is 38.1 Å². The number of nitrogens with zero attached hydrogens (tertiary/aromatic N) is 2. The topological polar surface area (TPSA) is 86.8 Å². The van der Waals surface area contributed by atoms with Crippen molar-refractivity contribution in [1.29, 1.82) is 0 Å². The van der Waals surface area contributed by atoms with E-state index in [4.69, 9.17) is 23.2 Å². The van der Waals surface area contributed by atoms with Gasteiger partial charge >= 0.3 is 0 Å². The average molecular weight is 514 g/mol. The maximum atomic E-state index is 13.5. The molecule has 2 amide bonds. The first-order valence-corrected chi connectivity index (χ1v) is 13.1. The van der Waals surface area contributed by atoms with Gasteiger partial charge in [-0.25, -0.2) is 8.42 Å². The molecular formula is C23H29Cl2N3O4S. The molecular weight excluding hydrogens is 485 g/mol. The molecule has 180 valence electrons. The van der Waals surface area contributed by atoms with E-state index in [2.05, 4.69) is 5.32 Å². The molecule has 33 heavy (non-hydrogen) atoms. The van der Waals surface area contributed by atoms with Crippen LogP contribution in [0.25, 0.3) is 0 Å². The van der Waals surface area contributed by atoms with Crippen molar-refractivity contribution in [2.24, 2.45) is 0 Å². The lowest BCUT2D eigenvalue weighted by atomic mass is 10.1. The van der Waals surface area contributed by atoms with Gasteiger partial charge in [0.25, 0.3) is 0 Å². The van der Waals surface area contributed by atoms with Crippen molar-refractivity contribution in [1.82, 2.24) is 10.2 Å². The number of carbonyl (C=O) groups is 2. The first kappa shape index (κ1) is 27.0. The molecule has 0 aromatic heterocycles. The number of benzene rings is 2. The summed E-state index contributed by atoms with van der Waals surface area (Å²) in [5.74, 6) is -0.857. The minimum atomic E-state index is -3.88. The summed E-state index contributed by atoms with van der Waals surface area (Å²) < 4.78 is 26.1. The molecule has 1 N–H and O–H groups in total. The van der Waals surface area contributed by atoms with Gasteiger partial charge in [-0.2, -0.15) is 0 Å². The zero-order valence-electron chi connectivity index (χ0n) is 19.1. The van der Waals surface area contributed by atoms with Crippen LogP contribution in [0.3, 0.4) is 0 Å². The van der Waals surface area contributed by atoms with Crippen molar-refractivity contribution >= 4 is 50.7 Å². The number of carbonyl (C=O) groups excluding carboxylic acids is 2. The Labute approximate surface area is 205 Å². The summed E-state index contributed by atoms with van der Waals surface area (Å²) in [6.45, 7) is 5.55. The summed E-state index contributed by atoms with van der Waals surface area (Å²) in [5, 5.41) is 2.99. The zero-order valence-corrected chi connectivity index (χ0v) is 21.5. The predicted molar refractivity (Wildman–Crippen MR) is 133 cm³/mol. The maximum Gasteiger partial charge on any atom is 0.244 e. The molecule has 2 aromatic carbocycles. The number of anilines is 1. The van der Waals surface area contributed by atoms with E-state index in [0.29, 0.717) is 6.54 Å². The minimum Gasteiger partial charge on any atom is -0.354 e. The number of nitrogens with one attached hydrogen (secondary N) is 1. The van der Waals surface area contributed by atoms with E-state index in [1.54, 1.807) is 13.0 Å². The molecule has 0 saturated carbocycles. The Balaban J connectivity index is 2.43. The van der Waals surface area contributed by atoms with Gasteiger partial charge in [-0.05, 0) is 43.5 Å². The van der Waals surface area contributed by atoms with E-state index in [-0.39, 0.29) is 28.2 Å². The van der Waals surface area contributed by atoms with Crippen LogP contribution in [-0.4, -0.2) is 50.5 Å². The summed E-state index contributed by atoms with van der Waals surface area (Å²) in [4.78, 5) is 27.5. The van der Waals surface area contributed by atoms with Gasteiger partial charge in [-0.3, -0.25) is 13.9 Å². The van der Waals surface area contributed by atoms with Crippen LogP contribution >= 0.6 is 23.2 Å². The van der Waals surface area contributed by atoms with Crippen molar-refractivity contribution in [3.05, 3.63) is 63.6 Å². The first-order valence-electron chi connectivity index (χ1n) is 10.5. The summed E-state index contributed by atoms with van der Waals surface area (Å²) in [7, 11) is -3.88. The lowest BCUT2D eigenvalue weighted by Gasteiger charge is -2.32. The Morgan fingerprint density at radius 3 is 2.36 bits per heavy atom. The number of sulfonamides is 1. The monoisotopic (exact) mass is 513 g/mol. The molecule has 10 heteroatoms. The lowest BCUT2D eigenvalue weighted by Crippen LogP contribution is -2.51. The molecule has 0 saturated heterocycles. The van der Waals surface area contributed by atoms with Gasteiger partial charge in [0.05, 0.1) is 22.0 Å². The highest BCUT2D eigenvalue weighted by molar-refractivity contribution is 7.92. The molecule has 7 nitrogen and oxygen atoms in total. The number of amides is 2. The smallest absolute Gasteiger partial charge is 0.244 e. The molecule has 2 rings (SSSR count). The van der Waals surface area contributed by atoms with Gasteiger partial charge in [0.1, 0.15) is 12.6 Å². The molecule has 0 fully saturated rings. The van der Waals surface area contributed by atoms with Crippen molar-refractivity contribution in [3.8, 4) is 0 Å². The van der Waals surface area contributed by atoms with E-state index in [1.165, 1.54) is 17.0 Å². The van der Waals surface area contributed by atoms with Gasteiger partial charge in [0, 0.05) is 13.1 Å². The predicted octanol–water partition coefficient (Wildman–Crippen LogP) is 4.01. The van der Waals surface area contributed by atoms with Crippen molar-refractivity contribution < 1.29 is 18.0 Å². The summed E-state index contributed by atoms with van der Waals surface area (Å²) in [6, 6.07) is 11.3. The van der Waals surface area contributed by atoms with Crippen LogP contribution in [0.1, 0.15) is 31.4 Å². The van der Waals surface area contributed by atoms with Crippen LogP contribution < -0.4 is 9.62 Å². The molecule has 0 aliphatic heterocycles. The van der Waals surface area contributed by atoms with Gasteiger partial charge in [0.2, 0.25) is 21.8 Å². The average Bonchev–Trinajstić information content (AvgIpc) is 2.76. The van der Waals surface area contributed by atoms with Crippen LogP contribution in [0.4, 0.5) is 5.69 Å². The normalized spacial score (nSPS) is 12.2. The largest absolute Gasteiger partial charge is 0.354 e. The molecule has 0 radical (unpaired) electrons. The second kappa shape index (κ2) is 11.7. The Kier molecular flexibility index (Phi) is 9.57. The summed E-state index contributed by atoms with van der Waals surface area (Å²) in [6.07, 6.45) is 1.74. The standard InChI is InChI=1S/C23H29Cl2N3O4S/c1-5-13-26-23(30)17(3)27(14-18-10-7-6-9-16(18)2)21(29)15-28(33(4,31)32)20-12-8-11-19(24)22(20)25/h6-12,17H,5,13-15H2,1-4H3,(H,26,30)/t17-/m0/s1. The molecule has 0 aliphatic carbocycles. The molecule has 0 spiro atoms. The van der Waals surface area contributed by atoms with E-state index in [0.717, 1.165) is 28.1 Å². The zero-order chi connectivity index (χ0) is 24.8. The Morgan fingerprint density at radius 2 is 1.76 bits per heavy atom. The van der Waals surface area contributed by atoms with Crippen LogP contribution in [0.2, 0.25) is 10.0 Å². The van der Waals surface area contributed by atoms with Gasteiger partial charge < -0.3 is 10.2 Å². The first-order chi connectivity index (χ1) is 15.5. The third kappa shape index (κ3) is 7.09. The van der Waals surface area contributed by atoms with Crippen molar-refractivity contribution in [2.75, 3.05) is 23.7 Å². The van der Waals surface area contributed by atoms with Crippen LogP contribution in [0.5, 0.6) is 0 Å². The fraction of sp³-hybridized carbons (Fsp3) is 0.391. The Morgan fingerprint density at radius 1 is 1.09 bits per heavy atom. The van der Waals surface area contributed by atoms with Crippen LogP contribution in [0.15, 0.2) is 42.5 Å². The van der Waals surface area contributed by atoms with Gasteiger partial charge in [-0.15, -0.1) is 0 Å². The third-order valence-electron chi connectivity index (χ3n) is 5.20. The van der Waals surface area contributed by atoms with Crippen molar-refractivity contribution in [2.45, 2.75) is 39.8 Å². The number of aryl methyl sites for hydroxylation is 1. The highest BCUT2D eigenvalue weighted by atomic mass is 35.5. The number of hydrogen-bond donors (Lipinski definition) is 1. The molecule has 1 atom stereocenters. The van der Waals surface area contributed by atoms with Gasteiger partial charge in [-0.1, -0.05) is 60.5 Å². The minimum absolute atomic E-state index is 0.0246. The number of rotatable bonds is 10. The third-order valence-corrected chi connectivity index (χ3v) is 7.13. The second-order valence-electron chi connectivity index (χ2n) is 7.76. The number of hydrogen-bond acceptors (Lipinski definition) is 4. The van der Waals surface area contributed by atoms with E-state index in [9.17, 15) is 18.0 Å². The molecule has 2 aromatic rings. The van der Waals surface area contributed by atoms with E-state index < -0.39 is 28.5 Å². The van der Waals surface area contributed by atoms with Crippen LogP contribution in [0, 0.1) is 6.92 Å². The quantitative estimate of drug-likeness (QED) is 0.519. The summed E-state index contributed by atoms with van der Waals surface area (Å²) >= 11 is 12.3. The SMILES string of the molecule is CCCNC(=O)[C@H](C)N(Cc1ccccc1C)C(=O)CN(c1cccc(Cl)c1Cl)S(C)(=O)=O. The molecule has 0 bridgehead atoms. The second-order valence-corrected chi connectivity index (χ2v) is 10.4. The maximum absolute atomic E-state index is 13.5. The molecule has 0 unspecified atom stereocenters. The highest BCUT2D eigenvalue weighted by Crippen LogP contribution is 2.33. The number of halogens is 2. The van der Waals surface area contributed by atoms with Crippen LogP contribution in [-0.2, 0) is 26.2 Å². The lowest BCUT2D eigenvalue weighted by molar-refractivity contribution is -0.139. The summed E-state index contributed by atoms with van der Waals surface area (Å²) in [5.41, 5.74) is 1.90. The molecule has 0 aliphatic rings. The molecule has 0 heterocycles. The van der Waals surface area contributed by atoms with E-state index >= 15 is 0 Å². The van der Waals surface area contributed by atoms with Gasteiger partial charge in [0.15, 0.2) is 0 Å². The highest BCUT2D eigenvalue weighted by Gasteiger charge is 2.31. The fourth-order valence-electron chi connectivity index (χ4n) is 3.23.